The van der Waals surface area contributed by atoms with Gasteiger partial charge in [-0.15, -0.1) is 0 Å². The van der Waals surface area contributed by atoms with Crippen LogP contribution in [-0.4, -0.2) is 23.2 Å². The van der Waals surface area contributed by atoms with E-state index in [1.807, 2.05) is 5.43 Å². The first-order valence-corrected chi connectivity index (χ1v) is 7.99. The van der Waals surface area contributed by atoms with Gasteiger partial charge in [0.25, 0.3) is 17.4 Å². The van der Waals surface area contributed by atoms with Gasteiger partial charge in [-0.3, -0.25) is 25.2 Å². The Morgan fingerprint density at radius 2 is 1.86 bits per heavy atom. The molecule has 0 atom stereocenters. The molecule has 0 unspecified atom stereocenters. The van der Waals surface area contributed by atoms with Crippen molar-refractivity contribution in [3.05, 3.63) is 57.0 Å². The maximum Gasteiger partial charge on any atom is 0.417 e. The number of nitrogens with zero attached hydrogens (tertiary/aromatic N) is 1. The molecule has 1 aliphatic heterocycles. The highest BCUT2D eigenvalue weighted by Crippen LogP contribution is 2.32. The molecule has 8 nitrogen and oxygen atoms in total. The van der Waals surface area contributed by atoms with Gasteiger partial charge in [0.2, 0.25) is 6.79 Å². The molecule has 0 aliphatic carbocycles. The number of alkyl halides is 3. The number of ether oxygens (including phenoxy) is 2. The van der Waals surface area contributed by atoms with Crippen molar-refractivity contribution in [2.45, 2.75) is 12.7 Å². The summed E-state index contributed by atoms with van der Waals surface area (Å²) in [6.07, 6.45) is -4.28. The van der Waals surface area contributed by atoms with Crippen molar-refractivity contribution in [1.82, 2.24) is 15.4 Å². The number of carbonyl (C=O) groups is 2. The van der Waals surface area contributed by atoms with Crippen molar-refractivity contribution in [3.8, 4) is 11.5 Å². The summed E-state index contributed by atoms with van der Waals surface area (Å²) in [5.41, 5.74) is 2.07. The summed E-state index contributed by atoms with van der Waals surface area (Å²) >= 11 is 5.51. The lowest BCUT2D eigenvalue weighted by Gasteiger charge is -2.12. The molecule has 0 saturated carbocycles. The van der Waals surface area contributed by atoms with Crippen LogP contribution in [0, 0.1) is 0 Å². The van der Waals surface area contributed by atoms with Gasteiger partial charge < -0.3 is 14.0 Å². The van der Waals surface area contributed by atoms with Crippen molar-refractivity contribution in [3.63, 3.8) is 0 Å². The first-order valence-electron chi connectivity index (χ1n) is 7.61. The Morgan fingerprint density at radius 1 is 1.14 bits per heavy atom. The second-order valence-electron chi connectivity index (χ2n) is 5.58. The second-order valence-corrected chi connectivity index (χ2v) is 5.99. The quantitative estimate of drug-likeness (QED) is 0.741. The molecule has 1 aliphatic rings. The van der Waals surface area contributed by atoms with E-state index in [0.717, 1.165) is 0 Å². The molecule has 1 aromatic heterocycles. The molecule has 0 spiro atoms. The van der Waals surface area contributed by atoms with E-state index in [-0.39, 0.29) is 12.4 Å². The maximum atomic E-state index is 12.8. The predicted molar refractivity (Wildman–Crippen MR) is 88.9 cm³/mol. The molecule has 3 rings (SSSR count). The lowest BCUT2D eigenvalue weighted by Crippen LogP contribution is -2.44. The van der Waals surface area contributed by atoms with E-state index in [9.17, 15) is 27.6 Å². The topological polar surface area (TPSA) is 98.7 Å². The largest absolute Gasteiger partial charge is 0.454 e. The van der Waals surface area contributed by atoms with E-state index in [1.54, 1.807) is 0 Å². The number of fused-ring (bicyclic) bond motifs is 1. The summed E-state index contributed by atoms with van der Waals surface area (Å²) in [4.78, 5) is 35.8. The monoisotopic (exact) mass is 417 g/mol. The highest BCUT2D eigenvalue weighted by atomic mass is 35.5. The fraction of sp³-hybridized carbons (Fsp3) is 0.188. The van der Waals surface area contributed by atoms with Crippen molar-refractivity contribution >= 4 is 23.4 Å². The molecule has 28 heavy (non-hydrogen) atoms. The zero-order chi connectivity index (χ0) is 20.5. The Kier molecular flexibility index (Phi) is 5.18. The van der Waals surface area contributed by atoms with Gasteiger partial charge in [-0.2, -0.15) is 13.2 Å². The smallest absolute Gasteiger partial charge is 0.417 e. The Labute approximate surface area is 159 Å². The van der Waals surface area contributed by atoms with E-state index >= 15 is 0 Å². The van der Waals surface area contributed by atoms with Gasteiger partial charge in [-0.05, 0) is 24.3 Å². The summed E-state index contributed by atoms with van der Waals surface area (Å²) in [5, 5.41) is -0.688. The minimum atomic E-state index is -4.75. The number of hydrazine groups is 1. The average molecular weight is 418 g/mol. The standard InChI is InChI=1S/C16H11ClF3N3O5/c17-10-4-9(16(18,19)20)5-23(15(10)26)6-13(24)21-22-14(25)8-1-2-11-12(3-8)28-7-27-11/h1-5H,6-7H2,(H,21,24)(H,22,25). The second kappa shape index (κ2) is 7.43. The average Bonchev–Trinajstić information content (AvgIpc) is 3.10. The van der Waals surface area contributed by atoms with Gasteiger partial charge in [-0.25, -0.2) is 0 Å². The Morgan fingerprint density at radius 3 is 2.57 bits per heavy atom. The summed E-state index contributed by atoms with van der Waals surface area (Å²) in [7, 11) is 0. The van der Waals surface area contributed by atoms with E-state index in [0.29, 0.717) is 28.3 Å². The molecule has 148 valence electrons. The zero-order valence-corrected chi connectivity index (χ0v) is 14.6. The number of pyridine rings is 1. The minimum Gasteiger partial charge on any atom is -0.454 e. The van der Waals surface area contributed by atoms with Crippen molar-refractivity contribution < 1.29 is 32.2 Å². The molecule has 2 amide bonds. The minimum absolute atomic E-state index is 0.0193. The van der Waals surface area contributed by atoms with Gasteiger partial charge in [0.05, 0.1) is 5.56 Å². The number of hydrogen-bond acceptors (Lipinski definition) is 5. The van der Waals surface area contributed by atoms with Crippen LogP contribution < -0.4 is 25.9 Å². The molecule has 0 bridgehead atoms. The fourth-order valence-electron chi connectivity index (χ4n) is 2.30. The number of rotatable bonds is 3. The molecular formula is C16H11ClF3N3O5. The number of benzene rings is 1. The third-order valence-corrected chi connectivity index (χ3v) is 3.90. The number of carbonyl (C=O) groups excluding carboxylic acids is 2. The molecule has 0 fully saturated rings. The van der Waals surface area contributed by atoms with Gasteiger partial charge in [0, 0.05) is 11.8 Å². The summed E-state index contributed by atoms with van der Waals surface area (Å²) in [5.74, 6) is -0.835. The van der Waals surface area contributed by atoms with Crippen LogP contribution in [0.25, 0.3) is 0 Å². The highest BCUT2D eigenvalue weighted by Gasteiger charge is 2.32. The van der Waals surface area contributed by atoms with Gasteiger partial charge >= 0.3 is 6.18 Å². The van der Waals surface area contributed by atoms with Crippen LogP contribution in [0.15, 0.2) is 35.3 Å². The summed E-state index contributed by atoms with van der Waals surface area (Å²) in [6, 6.07) is 4.79. The predicted octanol–water partition coefficient (Wildman–Crippen LogP) is 1.71. The van der Waals surface area contributed by atoms with Crippen molar-refractivity contribution in [1.29, 1.82) is 0 Å². The number of halogens is 4. The van der Waals surface area contributed by atoms with Crippen LogP contribution >= 0.6 is 11.6 Å². The molecule has 2 heterocycles. The fourth-order valence-corrected chi connectivity index (χ4v) is 2.53. The number of aromatic nitrogens is 1. The maximum absolute atomic E-state index is 12.8. The van der Waals surface area contributed by atoms with Gasteiger partial charge in [0.1, 0.15) is 11.6 Å². The van der Waals surface area contributed by atoms with Crippen LogP contribution in [0.1, 0.15) is 15.9 Å². The van der Waals surface area contributed by atoms with E-state index in [4.69, 9.17) is 21.1 Å². The molecule has 0 saturated heterocycles. The molecule has 1 aromatic carbocycles. The van der Waals surface area contributed by atoms with Gasteiger partial charge in [0.15, 0.2) is 11.5 Å². The normalized spacial score (nSPS) is 12.6. The molecule has 2 aromatic rings. The van der Waals surface area contributed by atoms with Crippen LogP contribution in [0.3, 0.4) is 0 Å². The third kappa shape index (κ3) is 4.19. The molecule has 0 radical (unpaired) electrons. The summed E-state index contributed by atoms with van der Waals surface area (Å²) in [6.45, 7) is -0.769. The highest BCUT2D eigenvalue weighted by molar-refractivity contribution is 6.30. The lowest BCUT2D eigenvalue weighted by atomic mass is 10.2. The van der Waals surface area contributed by atoms with Crippen LogP contribution in [0.5, 0.6) is 11.5 Å². The Bertz CT molecular complexity index is 1010. The van der Waals surface area contributed by atoms with E-state index < -0.39 is 40.7 Å². The molecule has 12 heteroatoms. The lowest BCUT2D eigenvalue weighted by molar-refractivity contribution is -0.138. The van der Waals surface area contributed by atoms with Gasteiger partial charge in [-0.1, -0.05) is 11.6 Å². The Balaban J connectivity index is 1.65. The van der Waals surface area contributed by atoms with Crippen LogP contribution in [0.4, 0.5) is 13.2 Å². The van der Waals surface area contributed by atoms with Crippen LogP contribution in [0.2, 0.25) is 5.02 Å². The SMILES string of the molecule is O=C(Cn1cc(C(F)(F)F)cc(Cl)c1=O)NNC(=O)c1ccc2c(c1)OCO2. The Hall–Kier alpha value is -3.21. The number of nitrogens with one attached hydrogen (secondary N) is 2. The van der Waals surface area contributed by atoms with E-state index in [2.05, 4.69) is 5.43 Å². The number of amides is 2. The molecule has 2 N–H and O–H groups in total. The third-order valence-electron chi connectivity index (χ3n) is 3.63. The first-order chi connectivity index (χ1) is 13.1. The molecular weight excluding hydrogens is 407 g/mol. The number of hydrogen-bond donors (Lipinski definition) is 2. The van der Waals surface area contributed by atoms with Crippen molar-refractivity contribution in [2.75, 3.05) is 6.79 Å². The van der Waals surface area contributed by atoms with Crippen molar-refractivity contribution in [2.24, 2.45) is 0 Å². The summed E-state index contributed by atoms with van der Waals surface area (Å²) < 4.78 is 49.1. The zero-order valence-electron chi connectivity index (χ0n) is 13.8. The van der Waals surface area contributed by atoms with E-state index in [1.165, 1.54) is 18.2 Å². The first kappa shape index (κ1) is 19.5. The van der Waals surface area contributed by atoms with Crippen LogP contribution in [-0.2, 0) is 17.5 Å².